The normalized spacial score (nSPS) is 14.9. The molecule has 0 fully saturated rings. The number of rotatable bonds is 55. The monoisotopic (exact) mass is 1740 g/mol. The molecule has 5 aromatic rings. The van der Waals surface area contributed by atoms with E-state index in [4.69, 9.17) is 11.5 Å². The first-order valence-electron chi connectivity index (χ1n) is 40.3. The quantitative estimate of drug-likeness (QED) is 0.0171. The maximum absolute atomic E-state index is 14.9. The Bertz CT molecular complexity index is 4380. The van der Waals surface area contributed by atoms with Crippen molar-refractivity contribution >= 4 is 123 Å². The smallest absolute Gasteiger partial charge is 0.326 e. The van der Waals surface area contributed by atoms with E-state index in [2.05, 4.69) is 99.4 Å². The van der Waals surface area contributed by atoms with Crippen LogP contribution in [0.2, 0.25) is 0 Å². The highest BCUT2D eigenvalue weighted by Gasteiger charge is 2.39. The molecular formula is C80H117N21O21S. The van der Waals surface area contributed by atoms with Crippen molar-refractivity contribution in [1.29, 1.82) is 0 Å². The number of para-hydroxylation sites is 1. The molecule has 0 radical (unpaired) electrons. The van der Waals surface area contributed by atoms with E-state index in [-0.39, 0.29) is 75.5 Å². The van der Waals surface area contributed by atoms with Crippen LogP contribution in [-0.2, 0) is 107 Å². The zero-order valence-electron chi connectivity index (χ0n) is 70.1. The lowest BCUT2D eigenvalue weighted by molar-refractivity contribution is -0.143. The minimum atomic E-state index is -1.76. The number of amides is 14. The van der Waals surface area contributed by atoms with Crippen molar-refractivity contribution in [3.05, 3.63) is 108 Å². The number of imidazole rings is 2. The number of unbranched alkanes of at least 4 members (excludes halogenated alkanes) is 1. The molecule has 0 saturated heterocycles. The van der Waals surface area contributed by atoms with Gasteiger partial charge in [0.1, 0.15) is 78.5 Å². The predicted molar refractivity (Wildman–Crippen MR) is 448 cm³/mol. The summed E-state index contributed by atoms with van der Waals surface area (Å²) in [5.74, 6) is -17.4. The number of aromatic amines is 3. The Balaban J connectivity index is 1.31. The van der Waals surface area contributed by atoms with Crippen LogP contribution in [0.3, 0.4) is 0 Å². The van der Waals surface area contributed by atoms with E-state index in [1.165, 1.54) is 57.6 Å². The third-order valence-electron chi connectivity index (χ3n) is 19.4. The fourth-order valence-corrected chi connectivity index (χ4v) is 13.1. The van der Waals surface area contributed by atoms with Crippen LogP contribution < -0.4 is 85.9 Å². The summed E-state index contributed by atoms with van der Waals surface area (Å²) in [7, 11) is 0. The van der Waals surface area contributed by atoms with Gasteiger partial charge < -0.3 is 121 Å². The summed E-state index contributed by atoms with van der Waals surface area (Å²) in [5, 5.41) is 76.0. The molecule has 3 aromatic heterocycles. The van der Waals surface area contributed by atoms with E-state index in [1.54, 1.807) is 80.9 Å². The van der Waals surface area contributed by atoms with Gasteiger partial charge in [-0.3, -0.25) is 76.7 Å². The Labute approximate surface area is 714 Å². The third kappa shape index (κ3) is 35.3. The number of nitrogens with one attached hydrogen (secondary N) is 17. The van der Waals surface area contributed by atoms with Gasteiger partial charge in [0.05, 0.1) is 31.3 Å². The molecule has 3 heterocycles. The minimum absolute atomic E-state index is 0.0373. The van der Waals surface area contributed by atoms with Crippen LogP contribution in [0.1, 0.15) is 142 Å². The lowest BCUT2D eigenvalue weighted by atomic mass is 10.0. The Morgan fingerprint density at radius 2 is 0.854 bits per heavy atom. The van der Waals surface area contributed by atoms with Crippen molar-refractivity contribution in [2.45, 2.75) is 236 Å². The summed E-state index contributed by atoms with van der Waals surface area (Å²) >= 11 is 1.31. The van der Waals surface area contributed by atoms with Gasteiger partial charge in [-0.2, -0.15) is 11.8 Å². The number of aliphatic hydroxyl groups excluding tert-OH is 1. The molecule has 0 unspecified atom stereocenters. The number of carbonyl (C=O) groups is 17. The van der Waals surface area contributed by atoms with Gasteiger partial charge in [-0.05, 0) is 127 Å². The van der Waals surface area contributed by atoms with Gasteiger partial charge >= 0.3 is 17.9 Å². The van der Waals surface area contributed by atoms with Crippen LogP contribution in [0.5, 0.6) is 0 Å². The van der Waals surface area contributed by atoms with Crippen LogP contribution in [0.4, 0.5) is 0 Å². The predicted octanol–water partition coefficient (Wildman–Crippen LogP) is -3.14. The molecule has 0 aliphatic heterocycles. The summed E-state index contributed by atoms with van der Waals surface area (Å²) in [5.41, 5.74) is 14.0. The largest absolute Gasteiger partial charge is 0.481 e. The number of H-pyrrole nitrogens is 3. The Hall–Kier alpha value is -12.4. The van der Waals surface area contributed by atoms with E-state index in [0.29, 0.717) is 46.3 Å². The lowest BCUT2D eigenvalue weighted by Crippen LogP contribution is -2.61. The number of benzene rings is 2. The van der Waals surface area contributed by atoms with Crippen LogP contribution in [-0.4, -0.2) is 262 Å². The zero-order valence-corrected chi connectivity index (χ0v) is 70.9. The van der Waals surface area contributed by atoms with Gasteiger partial charge in [0.2, 0.25) is 82.7 Å². The molecule has 674 valence electrons. The second kappa shape index (κ2) is 51.4. The number of hydrogen-bond acceptors (Lipinski definition) is 23. The Morgan fingerprint density at radius 3 is 1.35 bits per heavy atom. The molecule has 0 bridgehead atoms. The molecule has 0 aliphatic carbocycles. The molecule has 25 N–H and O–H groups in total. The topological polar surface area (TPSA) is 665 Å². The molecule has 0 spiro atoms. The van der Waals surface area contributed by atoms with Crippen LogP contribution in [0, 0.1) is 11.8 Å². The van der Waals surface area contributed by atoms with Crippen molar-refractivity contribution in [2.24, 2.45) is 23.3 Å². The van der Waals surface area contributed by atoms with E-state index < -0.39 is 224 Å². The number of thioether (sulfide) groups is 1. The maximum Gasteiger partial charge on any atom is 0.326 e. The van der Waals surface area contributed by atoms with Crippen LogP contribution in [0.25, 0.3) is 10.9 Å². The summed E-state index contributed by atoms with van der Waals surface area (Å²) in [6, 6.07) is -5.57. The minimum Gasteiger partial charge on any atom is -0.481 e. The number of hydrogen-bond donors (Lipinski definition) is 23. The van der Waals surface area contributed by atoms with Crippen LogP contribution in [0.15, 0.2) is 85.8 Å². The maximum atomic E-state index is 14.9. The van der Waals surface area contributed by atoms with Gasteiger partial charge in [0.25, 0.3) is 0 Å². The number of carbonyl (C=O) groups excluding carboxylic acids is 14. The van der Waals surface area contributed by atoms with Gasteiger partial charge in [0.15, 0.2) is 0 Å². The summed E-state index contributed by atoms with van der Waals surface area (Å²) in [6.07, 6.45) is 4.21. The second-order valence-corrected chi connectivity index (χ2v) is 31.7. The molecule has 2 aromatic carbocycles. The first kappa shape index (κ1) is 101. The number of aliphatic hydroxyl groups is 1. The van der Waals surface area contributed by atoms with Gasteiger partial charge in [0, 0.05) is 79.4 Å². The van der Waals surface area contributed by atoms with Crippen molar-refractivity contribution in [3.8, 4) is 0 Å². The first-order valence-corrected chi connectivity index (χ1v) is 41.7. The van der Waals surface area contributed by atoms with Gasteiger partial charge in [-0.1, -0.05) is 76.2 Å². The highest BCUT2D eigenvalue weighted by Crippen LogP contribution is 2.21. The van der Waals surface area contributed by atoms with Crippen molar-refractivity contribution in [2.75, 3.05) is 25.1 Å². The molecule has 43 heteroatoms. The molecule has 42 nitrogen and oxygen atoms in total. The first-order chi connectivity index (χ1) is 58.3. The molecule has 15 atom stereocenters. The fourth-order valence-electron chi connectivity index (χ4n) is 12.7. The average Bonchev–Trinajstić information content (AvgIpc) is 1.70. The molecule has 0 aliphatic rings. The number of nitrogens with two attached hydrogens (primary N) is 2. The average molecular weight is 1740 g/mol. The van der Waals surface area contributed by atoms with Gasteiger partial charge in [-0.25, -0.2) is 14.8 Å². The highest BCUT2D eigenvalue weighted by atomic mass is 32.2. The number of fused-ring (bicyclic) bond motifs is 1. The van der Waals surface area contributed by atoms with Crippen LogP contribution >= 0.6 is 11.8 Å². The van der Waals surface area contributed by atoms with Crippen molar-refractivity contribution in [3.63, 3.8) is 0 Å². The summed E-state index contributed by atoms with van der Waals surface area (Å²) in [6.45, 7) is 11.7. The molecular weight excluding hydrogens is 1620 g/mol. The van der Waals surface area contributed by atoms with E-state index in [9.17, 15) is 102 Å². The lowest BCUT2D eigenvalue weighted by Gasteiger charge is -2.28. The SMILES string of the molecule is CSCC[C@H](NC(=O)[C@H](CCCCN)NC(=O)[C@H](CC(C)C)NC(=O)[C@H](C)NC(=O)[C@H](CCC(=O)O)NC(=O)[C@H](Cc1ccccc1)NC(=O)[C@@H](NC(=O)CNC(=O)[C@H](C)NC(=O)[C@@H](N)CC(C)C)[C@@H](C)O)C(=O)N[C@@H](C)C(=O)N[C@@H](Cc1c[nH]c2ccccc12)C(=O)N[C@@H](Cc1cnc[nH]1)C(=O)N[C@@H](CCC(=O)O)C(=O)N[C@@H](Cc1cnc[nH]1)C(=O)O. The van der Waals surface area contributed by atoms with Crippen molar-refractivity contribution < 1.29 is 102 Å². The number of carboxylic acid groups (broad SMARTS) is 3. The number of carboxylic acids is 3. The zero-order chi connectivity index (χ0) is 91.2. The van der Waals surface area contributed by atoms with Gasteiger partial charge in [-0.15, -0.1) is 0 Å². The summed E-state index contributed by atoms with van der Waals surface area (Å²) in [4.78, 5) is 250. The molecule has 0 saturated carbocycles. The Morgan fingerprint density at radius 1 is 0.431 bits per heavy atom. The summed E-state index contributed by atoms with van der Waals surface area (Å²) < 4.78 is 0. The Kier molecular flexibility index (Phi) is 42.3. The number of aliphatic carboxylic acids is 3. The molecule has 123 heavy (non-hydrogen) atoms. The molecule has 5 rings (SSSR count). The number of aromatic nitrogens is 5. The van der Waals surface area contributed by atoms with E-state index in [1.807, 2.05) is 13.8 Å². The number of nitrogens with zero attached hydrogens (tertiary/aromatic N) is 2. The standard InChI is InChI=1S/C80H117N21O21S/c1-41(2)29-52(82)70(111)89-43(5)67(108)86-38-63(103)101-66(46(8)102)79(120)99-59(31-47-17-11-10-12-18-47)76(117)93-55(22-24-64(104)105)71(112)90-44(6)68(109)96-58(30-42(3)4)75(116)92-54(21-15-16-27-81)73(114)95-57(26-28-123-9)72(113)91-45(7)69(110)97-60(32-48-35-85-53-20-14-13-19-51(48)53)77(118)98-61(33-49-36-83-39-87-49)78(119)94-56(23-25-65(106)107)74(115)100-62(80(121)122)34-50-37-84-40-88-50/h10-14,17-20,35-37,39-46,52,54-62,66,85,102H,15-16,21-34,38,81-82H2,1-9H3,(H,83,87)(H,84,88)(H,86,108)(H,89,111)(H,90,112)(H,91,113)(H,92,116)(H,93,117)(H,94,119)(H,95,114)(H,96,109)(H,97,110)(H,98,118)(H,99,120)(H,100,115)(H,101,103)(H,104,105)(H,106,107)(H,121,122)/t43-,44-,45-,46+,52-,54-,55-,56-,57-,58-,59-,60-,61-,62-,66-/m0/s1. The second-order valence-electron chi connectivity index (χ2n) is 30.7. The molecule has 14 amide bonds. The van der Waals surface area contributed by atoms with Crippen molar-refractivity contribution in [1.82, 2.24) is 99.4 Å². The van der Waals surface area contributed by atoms with E-state index in [0.717, 1.165) is 6.92 Å². The van der Waals surface area contributed by atoms with E-state index >= 15 is 0 Å². The highest BCUT2D eigenvalue weighted by molar-refractivity contribution is 7.98. The third-order valence-corrected chi connectivity index (χ3v) is 20.0. The fraction of sp³-hybridized carbons (Fsp3) is 0.537.